The summed E-state index contributed by atoms with van der Waals surface area (Å²) in [7, 11) is 0. The van der Waals surface area contributed by atoms with Crippen molar-refractivity contribution in [1.29, 1.82) is 0 Å². The fraction of sp³-hybridized carbons (Fsp3) is 0.714. The van der Waals surface area contributed by atoms with Gasteiger partial charge < -0.3 is 15.3 Å². The van der Waals surface area contributed by atoms with Crippen molar-refractivity contribution in [1.82, 2.24) is 0 Å². The summed E-state index contributed by atoms with van der Waals surface area (Å²) in [6.07, 6.45) is 16.8. The van der Waals surface area contributed by atoms with Crippen molar-refractivity contribution in [3.05, 3.63) is 47.6 Å². The minimum absolute atomic E-state index is 0.226. The standard InChI is InChI=1S/C28H44O3/c1-19-9-12-23(29)18-22(19)11-10-21-8-7-16-27(5)24(13-14-25(21)27)20(2)15-17-28(6,31)26(3,4)30/h10-11,15,17,20,23-25,29-31H,1,7-9,12-14,16,18H2,2-6H3/b17-15+,21-10+,22-11+. The number of hydrogen-bond acceptors (Lipinski definition) is 3. The summed E-state index contributed by atoms with van der Waals surface area (Å²) in [5, 5.41) is 30.9. The van der Waals surface area contributed by atoms with Crippen molar-refractivity contribution in [3.8, 4) is 0 Å². The van der Waals surface area contributed by atoms with Crippen LogP contribution in [0.1, 0.15) is 86.0 Å². The molecule has 0 amide bonds. The second kappa shape index (κ2) is 9.00. The summed E-state index contributed by atoms with van der Waals surface area (Å²) in [4.78, 5) is 0. The van der Waals surface area contributed by atoms with Crippen LogP contribution < -0.4 is 0 Å². The van der Waals surface area contributed by atoms with Crippen LogP contribution in [0, 0.1) is 23.2 Å². The molecule has 0 aromatic rings. The van der Waals surface area contributed by atoms with E-state index in [0.29, 0.717) is 17.8 Å². The number of aliphatic hydroxyl groups excluding tert-OH is 1. The zero-order valence-corrected chi connectivity index (χ0v) is 20.3. The maximum atomic E-state index is 10.6. The highest BCUT2D eigenvalue weighted by atomic mass is 16.3. The van der Waals surface area contributed by atoms with Gasteiger partial charge in [-0.1, -0.05) is 55.9 Å². The summed E-state index contributed by atoms with van der Waals surface area (Å²) in [5.41, 5.74) is 1.83. The van der Waals surface area contributed by atoms with E-state index in [1.54, 1.807) is 32.4 Å². The predicted octanol–water partition coefficient (Wildman–Crippen LogP) is 5.87. The molecular weight excluding hydrogens is 384 g/mol. The number of hydrogen-bond donors (Lipinski definition) is 3. The fourth-order valence-electron chi connectivity index (χ4n) is 6.22. The Kier molecular flexibility index (Phi) is 7.11. The average Bonchev–Trinajstić information content (AvgIpc) is 3.03. The molecule has 0 aliphatic heterocycles. The topological polar surface area (TPSA) is 60.7 Å². The van der Waals surface area contributed by atoms with Crippen LogP contribution in [0.2, 0.25) is 0 Å². The summed E-state index contributed by atoms with van der Waals surface area (Å²) in [6, 6.07) is 0. The molecule has 6 unspecified atom stereocenters. The Morgan fingerprint density at radius 1 is 1.10 bits per heavy atom. The molecule has 3 N–H and O–H groups in total. The Morgan fingerprint density at radius 2 is 1.81 bits per heavy atom. The number of fused-ring (bicyclic) bond motifs is 1. The van der Waals surface area contributed by atoms with E-state index in [1.807, 2.05) is 0 Å². The summed E-state index contributed by atoms with van der Waals surface area (Å²) >= 11 is 0. The molecule has 3 aliphatic rings. The molecule has 0 spiro atoms. The Labute approximate surface area is 189 Å². The molecule has 3 saturated carbocycles. The van der Waals surface area contributed by atoms with Crippen LogP contribution in [0.5, 0.6) is 0 Å². The predicted molar refractivity (Wildman–Crippen MR) is 129 cm³/mol. The maximum Gasteiger partial charge on any atom is 0.108 e. The Bertz CT molecular complexity index is 764. The van der Waals surface area contributed by atoms with E-state index >= 15 is 0 Å². The normalized spacial score (nSPS) is 37.9. The highest BCUT2D eigenvalue weighted by molar-refractivity contribution is 5.36. The lowest BCUT2D eigenvalue weighted by Gasteiger charge is -2.44. The van der Waals surface area contributed by atoms with E-state index in [0.717, 1.165) is 19.3 Å². The summed E-state index contributed by atoms with van der Waals surface area (Å²) in [6.45, 7) is 13.9. The molecule has 31 heavy (non-hydrogen) atoms. The molecule has 3 rings (SSSR count). The van der Waals surface area contributed by atoms with Crippen molar-refractivity contribution in [3.63, 3.8) is 0 Å². The van der Waals surface area contributed by atoms with Gasteiger partial charge in [-0.2, -0.15) is 0 Å². The molecule has 174 valence electrons. The van der Waals surface area contributed by atoms with Gasteiger partial charge in [0.25, 0.3) is 0 Å². The van der Waals surface area contributed by atoms with Gasteiger partial charge in [0.1, 0.15) is 5.60 Å². The third kappa shape index (κ3) is 5.10. The van der Waals surface area contributed by atoms with E-state index in [4.69, 9.17) is 0 Å². The maximum absolute atomic E-state index is 10.6. The highest BCUT2D eigenvalue weighted by Crippen LogP contribution is 2.59. The van der Waals surface area contributed by atoms with Gasteiger partial charge >= 0.3 is 0 Å². The first-order valence-electron chi connectivity index (χ1n) is 12.2. The van der Waals surface area contributed by atoms with Crippen LogP contribution in [-0.2, 0) is 0 Å². The number of rotatable bonds is 5. The zero-order valence-electron chi connectivity index (χ0n) is 20.3. The first kappa shape index (κ1) is 24.5. The van der Waals surface area contributed by atoms with Gasteiger partial charge in [-0.05, 0) is 101 Å². The highest BCUT2D eigenvalue weighted by Gasteiger charge is 2.50. The van der Waals surface area contributed by atoms with Gasteiger partial charge in [0.2, 0.25) is 0 Å². The quantitative estimate of drug-likeness (QED) is 0.480. The molecule has 3 nitrogen and oxygen atoms in total. The smallest absolute Gasteiger partial charge is 0.108 e. The molecule has 3 heteroatoms. The minimum Gasteiger partial charge on any atom is -0.393 e. The molecule has 3 fully saturated rings. The van der Waals surface area contributed by atoms with Gasteiger partial charge in [-0.25, -0.2) is 0 Å². The van der Waals surface area contributed by atoms with Gasteiger partial charge in [0.05, 0.1) is 11.7 Å². The molecule has 0 aromatic carbocycles. The largest absolute Gasteiger partial charge is 0.393 e. The van der Waals surface area contributed by atoms with Gasteiger partial charge in [-0.3, -0.25) is 0 Å². The average molecular weight is 429 g/mol. The second-order valence-corrected chi connectivity index (χ2v) is 11.5. The van der Waals surface area contributed by atoms with E-state index in [2.05, 4.69) is 38.7 Å². The summed E-state index contributed by atoms with van der Waals surface area (Å²) in [5.74, 6) is 1.54. The first-order chi connectivity index (χ1) is 14.3. The summed E-state index contributed by atoms with van der Waals surface area (Å²) < 4.78 is 0. The third-order valence-corrected chi connectivity index (χ3v) is 8.82. The van der Waals surface area contributed by atoms with Crippen LogP contribution >= 0.6 is 0 Å². The molecule has 0 saturated heterocycles. The monoisotopic (exact) mass is 428 g/mol. The fourth-order valence-corrected chi connectivity index (χ4v) is 6.22. The van der Waals surface area contributed by atoms with Gasteiger partial charge in [0, 0.05) is 0 Å². The lowest BCUT2D eigenvalue weighted by Crippen LogP contribution is -2.46. The van der Waals surface area contributed by atoms with Gasteiger partial charge in [0.15, 0.2) is 0 Å². The lowest BCUT2D eigenvalue weighted by atomic mass is 9.61. The molecule has 0 aromatic heterocycles. The van der Waals surface area contributed by atoms with Crippen molar-refractivity contribution in [2.24, 2.45) is 23.2 Å². The Balaban J connectivity index is 1.77. The lowest BCUT2D eigenvalue weighted by molar-refractivity contribution is -0.0886. The van der Waals surface area contributed by atoms with Gasteiger partial charge in [-0.15, -0.1) is 0 Å². The van der Waals surface area contributed by atoms with Crippen LogP contribution in [0.4, 0.5) is 0 Å². The molecule has 0 bridgehead atoms. The van der Waals surface area contributed by atoms with Crippen LogP contribution in [0.25, 0.3) is 0 Å². The van der Waals surface area contributed by atoms with E-state index in [-0.39, 0.29) is 11.5 Å². The third-order valence-electron chi connectivity index (χ3n) is 8.82. The molecule has 3 aliphatic carbocycles. The minimum atomic E-state index is -1.24. The second-order valence-electron chi connectivity index (χ2n) is 11.5. The zero-order chi connectivity index (χ0) is 23.0. The Hall–Kier alpha value is -1.16. The van der Waals surface area contributed by atoms with E-state index in [1.165, 1.54) is 43.3 Å². The molecule has 0 heterocycles. The number of allylic oxidation sites excluding steroid dienone is 5. The molecule has 6 atom stereocenters. The SMILES string of the molecule is C=C1CCC(O)C/C1=C\C=C1/CCCC2(C)C1CCC2C(C)/C=C/C(C)(O)C(C)(C)O. The van der Waals surface area contributed by atoms with Crippen molar-refractivity contribution in [2.75, 3.05) is 0 Å². The first-order valence-corrected chi connectivity index (χ1v) is 12.2. The van der Waals surface area contributed by atoms with Crippen molar-refractivity contribution < 1.29 is 15.3 Å². The van der Waals surface area contributed by atoms with Crippen molar-refractivity contribution >= 4 is 0 Å². The van der Waals surface area contributed by atoms with Crippen LogP contribution in [0.3, 0.4) is 0 Å². The molecule has 0 radical (unpaired) electrons. The number of aliphatic hydroxyl groups is 3. The van der Waals surface area contributed by atoms with E-state index in [9.17, 15) is 15.3 Å². The van der Waals surface area contributed by atoms with Crippen LogP contribution in [-0.4, -0.2) is 32.6 Å². The molecular formula is C28H44O3. The van der Waals surface area contributed by atoms with Crippen LogP contribution in [0.15, 0.2) is 47.6 Å². The Morgan fingerprint density at radius 3 is 2.48 bits per heavy atom. The van der Waals surface area contributed by atoms with Crippen molar-refractivity contribution in [2.45, 2.75) is 103 Å². The van der Waals surface area contributed by atoms with E-state index < -0.39 is 11.2 Å².